The van der Waals surface area contributed by atoms with Gasteiger partial charge < -0.3 is 54.7 Å². The van der Waals surface area contributed by atoms with E-state index in [9.17, 15) is 45.3 Å². The Bertz CT molecular complexity index is 1530. The number of aliphatic hydroxyl groups excluding tert-OH is 3. The van der Waals surface area contributed by atoms with E-state index in [0.717, 1.165) is 6.08 Å². The third kappa shape index (κ3) is 6.34. The highest BCUT2D eigenvalue weighted by molar-refractivity contribution is 6.01. The molecule has 2 aliphatic heterocycles. The van der Waals surface area contributed by atoms with Crippen LogP contribution in [0.3, 0.4) is 0 Å². The number of carbonyl (C=O) groups is 2. The van der Waals surface area contributed by atoms with E-state index in [0.29, 0.717) is 11.1 Å². The summed E-state index contributed by atoms with van der Waals surface area (Å²) in [5, 5.41) is 71.0. The molecular weight excluding hydrogens is 568 g/mol. The van der Waals surface area contributed by atoms with E-state index in [4.69, 9.17) is 18.9 Å². The summed E-state index contributed by atoms with van der Waals surface area (Å²) in [5.74, 6) is -3.03. The Morgan fingerprint density at radius 3 is 2.37 bits per heavy atom. The molecule has 0 bridgehead atoms. The summed E-state index contributed by atoms with van der Waals surface area (Å²) in [7, 11) is 0. The smallest absolute Gasteiger partial charge is 0.330 e. The maximum atomic E-state index is 12.8. The average Bonchev–Trinajstić information content (AvgIpc) is 2.99. The van der Waals surface area contributed by atoms with Crippen LogP contribution in [-0.2, 0) is 14.3 Å². The molecule has 0 radical (unpaired) electrons. The number of rotatable bonds is 7. The summed E-state index contributed by atoms with van der Waals surface area (Å²) in [6.07, 6.45) is -6.70. The van der Waals surface area contributed by atoms with Crippen molar-refractivity contribution in [2.24, 2.45) is 0 Å². The van der Waals surface area contributed by atoms with Gasteiger partial charge in [-0.15, -0.1) is 0 Å². The van der Waals surface area contributed by atoms with E-state index in [1.807, 2.05) is 0 Å². The van der Waals surface area contributed by atoms with Crippen LogP contribution < -0.4 is 9.47 Å². The number of aliphatic hydroxyl groups is 3. The summed E-state index contributed by atoms with van der Waals surface area (Å²) in [5.41, 5.74) is 1.02. The van der Waals surface area contributed by atoms with Gasteiger partial charge in [-0.2, -0.15) is 0 Å². The van der Waals surface area contributed by atoms with Crippen LogP contribution >= 0.6 is 0 Å². The van der Waals surface area contributed by atoms with Crippen molar-refractivity contribution in [2.45, 2.75) is 43.2 Å². The monoisotopic (exact) mass is 596 g/mol. The minimum atomic E-state index is -1.79. The number of phenols is 4. The molecule has 5 rings (SSSR count). The van der Waals surface area contributed by atoms with Crippen LogP contribution in [0.5, 0.6) is 34.5 Å². The molecule has 13 nitrogen and oxygen atoms in total. The van der Waals surface area contributed by atoms with Gasteiger partial charge in [0, 0.05) is 6.08 Å². The van der Waals surface area contributed by atoms with Crippen molar-refractivity contribution in [3.8, 4) is 34.5 Å². The quantitative estimate of drug-likeness (QED) is 0.118. The molecular formula is C30H28O13. The average molecular weight is 597 g/mol. The molecule has 0 aromatic heterocycles. The molecule has 3 aromatic carbocycles. The Hall–Kier alpha value is -4.82. The number of Topliss-reactive ketones (excluding diaryl/α,β-unsaturated/α-hetero) is 1. The van der Waals surface area contributed by atoms with Gasteiger partial charge in [-0.25, -0.2) is 4.79 Å². The second kappa shape index (κ2) is 12.2. The van der Waals surface area contributed by atoms with E-state index in [2.05, 4.69) is 0 Å². The number of esters is 1. The Morgan fingerprint density at radius 2 is 1.65 bits per heavy atom. The van der Waals surface area contributed by atoms with E-state index in [1.54, 1.807) is 12.1 Å². The van der Waals surface area contributed by atoms with Crippen molar-refractivity contribution < 1.29 is 64.3 Å². The van der Waals surface area contributed by atoms with Crippen LogP contribution in [0.2, 0.25) is 0 Å². The molecule has 0 saturated carbocycles. The van der Waals surface area contributed by atoms with Gasteiger partial charge in [-0.05, 0) is 53.6 Å². The van der Waals surface area contributed by atoms with Crippen molar-refractivity contribution in [1.29, 1.82) is 0 Å². The molecule has 1 fully saturated rings. The minimum Gasteiger partial charge on any atom is -0.508 e. The zero-order valence-electron chi connectivity index (χ0n) is 22.3. The zero-order chi connectivity index (χ0) is 30.8. The van der Waals surface area contributed by atoms with Gasteiger partial charge in [0.15, 0.2) is 28.8 Å². The van der Waals surface area contributed by atoms with Crippen LogP contribution in [0.4, 0.5) is 0 Å². The second-order valence-corrected chi connectivity index (χ2v) is 9.96. The molecule has 0 amide bonds. The third-order valence-electron chi connectivity index (χ3n) is 7.00. The van der Waals surface area contributed by atoms with E-state index >= 15 is 0 Å². The second-order valence-electron chi connectivity index (χ2n) is 9.96. The molecule has 0 unspecified atom stereocenters. The molecule has 1 saturated heterocycles. The van der Waals surface area contributed by atoms with Crippen molar-refractivity contribution in [3.63, 3.8) is 0 Å². The first-order valence-electron chi connectivity index (χ1n) is 13.1. The largest absolute Gasteiger partial charge is 0.508 e. The number of aromatic hydroxyl groups is 4. The molecule has 3 aromatic rings. The molecule has 0 spiro atoms. The standard InChI is InChI=1S/C30H28O13/c31-16-5-1-14(2-6-16)3-10-24(35)40-13-23-25(36)27(38)28(39)30(43-23)42-21-9-7-17-19(33)12-22(41-29(17)26(21)37)15-4-8-18(32)20(34)11-15/h1-11,22-23,25,27-28,30-32,34,36-39H,12-13H2/b10-3+/t22-,23+,25+,27-,28+,30+/m0/s1. The van der Waals surface area contributed by atoms with E-state index in [1.165, 1.54) is 48.5 Å². The topological polar surface area (TPSA) is 213 Å². The highest BCUT2D eigenvalue weighted by Gasteiger charge is 2.46. The lowest BCUT2D eigenvalue weighted by Crippen LogP contribution is -2.60. The van der Waals surface area contributed by atoms with Crippen LogP contribution in [-0.4, -0.2) is 84.8 Å². The lowest BCUT2D eigenvalue weighted by molar-refractivity contribution is -0.278. The maximum Gasteiger partial charge on any atom is 0.330 e. The molecule has 13 heteroatoms. The minimum absolute atomic E-state index is 0.0508. The first-order valence-corrected chi connectivity index (χ1v) is 13.1. The number of fused-ring (bicyclic) bond motifs is 1. The van der Waals surface area contributed by atoms with Crippen LogP contribution in [0.1, 0.15) is 34.0 Å². The Labute approximate surface area is 244 Å². The third-order valence-corrected chi connectivity index (χ3v) is 7.00. The molecule has 2 aliphatic rings. The van der Waals surface area contributed by atoms with Crippen molar-refractivity contribution in [3.05, 3.63) is 77.4 Å². The summed E-state index contributed by atoms with van der Waals surface area (Å²) in [4.78, 5) is 25.0. The van der Waals surface area contributed by atoms with Gasteiger partial charge in [0.05, 0.1) is 12.0 Å². The maximum absolute atomic E-state index is 12.8. The van der Waals surface area contributed by atoms with Gasteiger partial charge in [-0.1, -0.05) is 18.2 Å². The van der Waals surface area contributed by atoms with Gasteiger partial charge in [0.25, 0.3) is 0 Å². The van der Waals surface area contributed by atoms with Gasteiger partial charge in [0.1, 0.15) is 42.9 Å². The lowest BCUT2D eigenvalue weighted by Gasteiger charge is -2.40. The molecule has 6 atom stereocenters. The molecule has 0 aliphatic carbocycles. The van der Waals surface area contributed by atoms with Gasteiger partial charge >= 0.3 is 5.97 Å². The molecule has 7 N–H and O–H groups in total. The van der Waals surface area contributed by atoms with Crippen molar-refractivity contribution >= 4 is 17.8 Å². The highest BCUT2D eigenvalue weighted by Crippen LogP contribution is 2.46. The predicted octanol–water partition coefficient (Wildman–Crippen LogP) is 1.66. The predicted molar refractivity (Wildman–Crippen MR) is 146 cm³/mol. The Kier molecular flexibility index (Phi) is 8.41. The summed E-state index contributed by atoms with van der Waals surface area (Å²) in [6.45, 7) is -0.529. The molecule has 2 heterocycles. The number of carbonyl (C=O) groups excluding carboxylic acids is 2. The molecule has 226 valence electrons. The van der Waals surface area contributed by atoms with Crippen molar-refractivity contribution in [2.75, 3.05) is 6.61 Å². The first kappa shape index (κ1) is 29.7. The van der Waals surface area contributed by atoms with Gasteiger partial charge in [-0.3, -0.25) is 4.79 Å². The number of ketones is 1. The highest BCUT2D eigenvalue weighted by atomic mass is 16.7. The summed E-state index contributed by atoms with van der Waals surface area (Å²) < 4.78 is 22.1. The van der Waals surface area contributed by atoms with Crippen LogP contribution in [0.15, 0.2) is 60.7 Å². The SMILES string of the molecule is O=C(/C=C/c1ccc(O)cc1)OC[C@H]1O[C@@H](Oc2ccc3c(c2O)O[C@H](c2ccc(O)c(O)c2)CC3=O)[C@H](O)[C@@H](O)[C@@H]1O. The van der Waals surface area contributed by atoms with Gasteiger partial charge in [0.2, 0.25) is 12.0 Å². The number of hydrogen-bond acceptors (Lipinski definition) is 13. The van der Waals surface area contributed by atoms with Crippen molar-refractivity contribution in [1.82, 2.24) is 0 Å². The normalized spacial score (nSPS) is 25.1. The zero-order valence-corrected chi connectivity index (χ0v) is 22.3. The lowest BCUT2D eigenvalue weighted by atomic mass is 9.95. The Morgan fingerprint density at radius 1 is 0.907 bits per heavy atom. The van der Waals surface area contributed by atoms with E-state index < -0.39 is 60.9 Å². The molecule has 43 heavy (non-hydrogen) atoms. The number of benzene rings is 3. The fourth-order valence-corrected chi connectivity index (χ4v) is 4.61. The van der Waals surface area contributed by atoms with E-state index in [-0.39, 0.29) is 40.8 Å². The number of phenolic OH excluding ortho intramolecular Hbond substituents is 4. The first-order chi connectivity index (χ1) is 20.5. The fourth-order valence-electron chi connectivity index (χ4n) is 4.61. The van der Waals surface area contributed by atoms with Crippen LogP contribution in [0.25, 0.3) is 6.08 Å². The fraction of sp³-hybridized carbons (Fsp3) is 0.267. The number of hydrogen-bond donors (Lipinski definition) is 7. The number of ether oxygens (including phenoxy) is 4. The summed E-state index contributed by atoms with van der Waals surface area (Å²) in [6, 6.07) is 12.5. The summed E-state index contributed by atoms with van der Waals surface area (Å²) >= 11 is 0. The van der Waals surface area contributed by atoms with Crippen LogP contribution in [0, 0.1) is 0 Å². The Balaban J connectivity index is 1.28.